The van der Waals surface area contributed by atoms with Crippen molar-refractivity contribution in [3.63, 3.8) is 0 Å². The predicted octanol–water partition coefficient (Wildman–Crippen LogP) is 25.5. The zero-order chi connectivity index (χ0) is 75.9. The Kier molecular flexibility index (Phi) is 64.5. The summed E-state index contributed by atoms with van der Waals surface area (Å²) in [6.45, 7) is 34.1. The van der Waals surface area contributed by atoms with Gasteiger partial charge in [0.1, 0.15) is 4.58 Å². The van der Waals surface area contributed by atoms with Gasteiger partial charge in [0.25, 0.3) is 0 Å². The molecule has 0 aliphatic carbocycles. The Balaban J connectivity index is 12.8. The van der Waals surface area contributed by atoms with Gasteiger partial charge in [-0.2, -0.15) is 0 Å². The van der Waals surface area contributed by atoms with Gasteiger partial charge in [-0.05, 0) is 103 Å². The third-order valence-electron chi connectivity index (χ3n) is 21.7. The maximum atomic E-state index is 19.6. The van der Waals surface area contributed by atoms with E-state index >= 15 is 38.8 Å². The summed E-state index contributed by atoms with van der Waals surface area (Å²) in [5.74, 6) is 0. The number of hydrogen-bond acceptors (Lipinski definition) is 9. The van der Waals surface area contributed by atoms with Crippen LogP contribution in [-0.4, -0.2) is 97.8 Å². The number of unbranched alkanes of at least 4 members (excludes halogenated alkanes) is 24. The number of hydrogen-bond donors (Lipinski definition) is 1. The third-order valence-corrected chi connectivity index (χ3v) is 44.1. The smallest absolute Gasteiger partial charge is 0.247 e. The fraction of sp³-hybridized carbons (Fsp3) is 1.00. The maximum Gasteiger partial charge on any atom is 0.247 e. The van der Waals surface area contributed by atoms with Crippen molar-refractivity contribution in [2.24, 2.45) is 0 Å². The molecule has 0 bridgehead atoms. The molecule has 0 fully saturated rings. The molecule has 101 heavy (non-hydrogen) atoms. The summed E-state index contributed by atoms with van der Waals surface area (Å²) in [5, 5.41) is 10.4. The monoisotopic (exact) mass is 1580 g/mol. The fourth-order valence-corrected chi connectivity index (χ4v) is 43.3. The second-order valence-corrected chi connectivity index (χ2v) is 46.6. The van der Waals surface area contributed by atoms with Crippen molar-refractivity contribution in [3.8, 4) is 0 Å². The summed E-state index contributed by atoms with van der Waals surface area (Å²) in [6, 6.07) is 0. The van der Waals surface area contributed by atoms with Crippen LogP contribution < -0.4 is 0 Å². The molecule has 16 unspecified atom stereocenters. The maximum absolute atomic E-state index is 19.6. The van der Waals surface area contributed by atoms with E-state index in [-0.39, 0.29) is 0 Å². The summed E-state index contributed by atoms with van der Waals surface area (Å²) < 4.78 is 142. The lowest BCUT2D eigenvalue weighted by Crippen LogP contribution is -2.84. The van der Waals surface area contributed by atoms with E-state index in [4.69, 9.17) is 0 Å². The minimum absolute atomic E-state index is 0.329. The first kappa shape index (κ1) is 102. The van der Waals surface area contributed by atoms with Crippen LogP contribution in [0.25, 0.3) is 0 Å². The normalized spacial score (nSPS) is 19.3. The largest absolute Gasteiger partial charge is 0.365 e. The van der Waals surface area contributed by atoms with Gasteiger partial charge in [0.15, 0.2) is 4.08 Å². The van der Waals surface area contributed by atoms with Crippen molar-refractivity contribution in [1.29, 1.82) is 0 Å². The number of rotatable bonds is 75. The van der Waals surface area contributed by atoms with Crippen molar-refractivity contribution in [3.05, 3.63) is 0 Å². The van der Waals surface area contributed by atoms with Gasteiger partial charge in [0.2, 0.25) is 8.34 Å². The molecule has 0 rings (SSSR count). The molecule has 0 spiro atoms. The van der Waals surface area contributed by atoms with Crippen LogP contribution in [0, 0.1) is 0 Å². The molecule has 1 N–H and O–H groups in total. The van der Waals surface area contributed by atoms with Crippen LogP contribution in [-0.2, 0) is 86.4 Å². The second kappa shape index (κ2) is 63.8. The quantitative estimate of drug-likeness (QED) is 0.0586. The van der Waals surface area contributed by atoms with Crippen LogP contribution >= 0.6 is 0 Å². The Labute approximate surface area is 649 Å². The lowest BCUT2D eigenvalue weighted by Gasteiger charge is -2.59. The van der Waals surface area contributed by atoms with Crippen LogP contribution in [0.15, 0.2) is 0 Å². The van der Waals surface area contributed by atoms with Gasteiger partial charge in [0, 0.05) is 85.2 Å². The van der Waals surface area contributed by atoms with Crippen molar-refractivity contribution in [2.75, 3.05) is 0 Å². The topological polar surface area (TPSA) is 157 Å². The molecule has 0 aliphatic heterocycles. The molecule has 0 saturated heterocycles. The lowest BCUT2D eigenvalue weighted by molar-refractivity contribution is 0.187. The van der Waals surface area contributed by atoms with Gasteiger partial charge in [0.05, 0.1) is 43.2 Å². The molecule has 17 heteroatoms. The minimum Gasteiger partial charge on any atom is -0.365 e. The zero-order valence-corrected chi connectivity index (χ0v) is 75.8. The molecule has 0 radical (unpaired) electrons. The average molecular weight is 1580 g/mol. The second-order valence-electron chi connectivity index (χ2n) is 30.7. The van der Waals surface area contributed by atoms with E-state index in [1.165, 1.54) is 0 Å². The van der Waals surface area contributed by atoms with Gasteiger partial charge >= 0.3 is 0 Å². The highest BCUT2D eigenvalue weighted by Crippen LogP contribution is 2.61. The van der Waals surface area contributed by atoms with Crippen molar-refractivity contribution in [2.45, 2.75) is 529 Å². The molecule has 0 aromatic carbocycles. The molecule has 0 aromatic heterocycles. The molecule has 16 atom stereocenters. The van der Waals surface area contributed by atoms with Crippen LogP contribution in [0.2, 0.25) is 0 Å². The van der Waals surface area contributed by atoms with Crippen LogP contribution in [0.5, 0.6) is 0 Å². The molecule has 0 amide bonds. The first-order valence-electron chi connectivity index (χ1n) is 43.8. The average Bonchev–Trinajstić information content (AvgIpc) is 0.662. The minimum atomic E-state index is -3.25. The first-order chi connectivity index (χ1) is 48.8. The van der Waals surface area contributed by atoms with E-state index in [1.807, 2.05) is 0 Å². The van der Waals surface area contributed by atoms with Crippen LogP contribution in [0.3, 0.4) is 0 Å². The third kappa shape index (κ3) is 33.2. The summed E-state index contributed by atoms with van der Waals surface area (Å²) in [6.07, 6.45) is 38.1. The van der Waals surface area contributed by atoms with E-state index in [1.54, 1.807) is 0 Å². The summed E-state index contributed by atoms with van der Waals surface area (Å²) >= 11 is 0. The van der Waals surface area contributed by atoms with Crippen LogP contribution in [0.4, 0.5) is 0 Å². The fourth-order valence-electron chi connectivity index (χ4n) is 15.9. The number of aliphatic hydroxyl groups is 1. The van der Waals surface area contributed by atoms with E-state index < -0.39 is 145 Å². The Bertz CT molecular complexity index is 2060. The first-order valence-corrected chi connectivity index (χ1v) is 53.6. The van der Waals surface area contributed by atoms with Gasteiger partial charge in [-0.3, -0.25) is 33.7 Å². The standard InChI is InChI=1S/C84H170O9S8/c1-17-33-41-49-65-73(57-25-9)94(86)81(95(87)74(58-26-10)66-50-42-34-18-2)82(96(88)75(59-27-11)67-51-43-35-19-3,97(89)76(60-28-12)68-52-44-36-20-4)83(98(90)77(61-29-13)69-53-45-37-21-5,99(91)78(62-30-14)70-54-46-38-22-6)84(85,100(92)79(63-31-15)71-55-47-39-23-7)101(93)80(64-32-16)72-56-48-40-24-8/h73-81,85H,17-72H2,1-16H3. The van der Waals surface area contributed by atoms with Gasteiger partial charge in [-0.25, -0.2) is 0 Å². The Morgan fingerprint density at radius 3 is 0.554 bits per heavy atom. The molecule has 0 aliphatic rings. The van der Waals surface area contributed by atoms with Crippen molar-refractivity contribution in [1.82, 2.24) is 0 Å². The molecular weight excluding hydrogens is 1410 g/mol. The zero-order valence-electron chi connectivity index (χ0n) is 69.3. The lowest BCUT2D eigenvalue weighted by atomic mass is 10.1. The Hall–Kier alpha value is 1.16. The van der Waals surface area contributed by atoms with E-state index in [2.05, 4.69) is 111 Å². The summed E-state index contributed by atoms with van der Waals surface area (Å²) in [5.41, 5.74) is 0. The molecule has 0 aromatic rings. The molecular formula is C84H170O9S8. The highest BCUT2D eigenvalue weighted by Gasteiger charge is 2.85. The molecule has 0 saturated carbocycles. The highest BCUT2D eigenvalue weighted by molar-refractivity contribution is 8.17. The Morgan fingerprint density at radius 2 is 0.366 bits per heavy atom. The Morgan fingerprint density at radius 1 is 0.198 bits per heavy atom. The summed E-state index contributed by atoms with van der Waals surface area (Å²) in [4.78, 5) is 0. The molecule has 608 valence electrons. The van der Waals surface area contributed by atoms with Crippen LogP contribution in [0.1, 0.15) is 470 Å². The summed E-state index contributed by atoms with van der Waals surface area (Å²) in [7, 11) is -20.9. The molecule has 9 nitrogen and oxygen atoms in total. The SMILES string of the molecule is CCCCCCC(CCC)S(=O)C(S(=O)C(CCC)CCCCCC)C(S(=O)C(CCC)CCCCCC)(S(=O)C(CCC)CCCCCC)C(S(=O)C(CCC)CCCCCC)(S(=O)C(CCC)CCCCCC)C(O)(S(=O)C(CCC)CCCCCC)S(=O)C(CCC)CCCCCC. The highest BCUT2D eigenvalue weighted by atomic mass is 32.3. The predicted molar refractivity (Wildman–Crippen MR) is 459 cm³/mol. The molecule has 0 heterocycles. The van der Waals surface area contributed by atoms with Gasteiger partial charge in [-0.1, -0.05) is 368 Å². The van der Waals surface area contributed by atoms with Crippen molar-refractivity contribution >= 4 is 86.4 Å². The van der Waals surface area contributed by atoms with E-state index in [0.29, 0.717) is 193 Å². The van der Waals surface area contributed by atoms with Gasteiger partial charge in [-0.15, -0.1) is 0 Å². The van der Waals surface area contributed by atoms with E-state index in [0.717, 1.165) is 167 Å². The van der Waals surface area contributed by atoms with Gasteiger partial charge < -0.3 is 5.11 Å². The van der Waals surface area contributed by atoms with Crippen molar-refractivity contribution < 1.29 is 38.8 Å². The van der Waals surface area contributed by atoms with E-state index in [9.17, 15) is 0 Å².